The minimum absolute atomic E-state index is 0.111. The van der Waals surface area contributed by atoms with Crippen LogP contribution in [0.4, 0.5) is 0 Å². The standard InChI is InChI=1S/C26H44O9/c1-14(10-12-27)5-7-16-15(23(32)33)6-8-18-25(2,3)19(9-11-26(16,18)4)35-24-22(31)21(30)20(29)17(13-28)34-24/h6,14,16-22,24,27-31H,5,7-13H2,1-4H3,(H,32,33)/t14-,16+,17+,18-,19+,20+,21-,22+,24-,26-/m0/s1. The lowest BCUT2D eigenvalue weighted by Gasteiger charge is -2.59. The third kappa shape index (κ3) is 5.46. The molecule has 0 spiro atoms. The molecular formula is C26H44O9. The van der Waals surface area contributed by atoms with Crippen LogP contribution >= 0.6 is 0 Å². The number of aliphatic hydroxyl groups is 5. The van der Waals surface area contributed by atoms with Gasteiger partial charge in [0.05, 0.1) is 12.7 Å². The van der Waals surface area contributed by atoms with Crippen LogP contribution in [0.1, 0.15) is 66.2 Å². The van der Waals surface area contributed by atoms with Crippen molar-refractivity contribution in [1.29, 1.82) is 0 Å². The van der Waals surface area contributed by atoms with E-state index >= 15 is 0 Å². The van der Waals surface area contributed by atoms with Gasteiger partial charge in [0, 0.05) is 12.2 Å². The number of hydrogen-bond acceptors (Lipinski definition) is 8. The van der Waals surface area contributed by atoms with E-state index in [1.165, 1.54) is 0 Å². The fourth-order valence-corrected chi connectivity index (χ4v) is 6.92. The predicted molar refractivity (Wildman–Crippen MR) is 127 cm³/mol. The van der Waals surface area contributed by atoms with Crippen molar-refractivity contribution in [1.82, 2.24) is 0 Å². The molecule has 9 heteroatoms. The third-order valence-corrected chi connectivity index (χ3v) is 9.18. The molecule has 0 aromatic heterocycles. The summed E-state index contributed by atoms with van der Waals surface area (Å²) in [5.41, 5.74) is -0.189. The molecule has 1 aliphatic heterocycles. The Balaban J connectivity index is 1.82. The molecule has 0 amide bonds. The number of allylic oxidation sites excluding steroid dienone is 1. The summed E-state index contributed by atoms with van der Waals surface area (Å²) in [5, 5.41) is 59.5. The van der Waals surface area contributed by atoms with Crippen molar-refractivity contribution in [2.45, 2.75) is 103 Å². The first kappa shape index (κ1) is 28.5. The van der Waals surface area contributed by atoms with Crippen LogP contribution in [0.5, 0.6) is 0 Å². The molecule has 0 radical (unpaired) electrons. The number of hydrogen-bond donors (Lipinski definition) is 6. The van der Waals surface area contributed by atoms with Gasteiger partial charge in [0.1, 0.15) is 24.4 Å². The molecular weight excluding hydrogens is 456 g/mol. The van der Waals surface area contributed by atoms with E-state index < -0.39 is 48.7 Å². The smallest absolute Gasteiger partial charge is 0.331 e. The van der Waals surface area contributed by atoms with Gasteiger partial charge in [-0.2, -0.15) is 0 Å². The van der Waals surface area contributed by atoms with Crippen molar-refractivity contribution in [2.75, 3.05) is 13.2 Å². The minimum Gasteiger partial charge on any atom is -0.478 e. The van der Waals surface area contributed by atoms with Crippen LogP contribution in [0.15, 0.2) is 11.6 Å². The zero-order chi connectivity index (χ0) is 26.1. The fourth-order valence-electron chi connectivity index (χ4n) is 6.92. The van der Waals surface area contributed by atoms with Gasteiger partial charge in [-0.15, -0.1) is 0 Å². The number of aliphatic hydroxyl groups excluding tert-OH is 5. The summed E-state index contributed by atoms with van der Waals surface area (Å²) >= 11 is 0. The Morgan fingerprint density at radius 3 is 2.43 bits per heavy atom. The average Bonchev–Trinajstić information content (AvgIpc) is 2.79. The maximum absolute atomic E-state index is 12.2. The average molecular weight is 501 g/mol. The van der Waals surface area contributed by atoms with Crippen LogP contribution in [0, 0.1) is 28.6 Å². The SMILES string of the molecule is C[C@H](CCO)CC[C@@H]1C(C(=O)O)=CC[C@H]2C(C)(C)[C@H](O[C@@H]3O[C@H](CO)[C@@H](O)[C@H](O)[C@H]3O)CC[C@@]12C. The molecule has 0 bridgehead atoms. The van der Waals surface area contributed by atoms with E-state index in [9.17, 15) is 35.4 Å². The summed E-state index contributed by atoms with van der Waals surface area (Å²) in [7, 11) is 0. The maximum atomic E-state index is 12.2. The summed E-state index contributed by atoms with van der Waals surface area (Å²) in [4.78, 5) is 12.2. The molecule has 9 nitrogen and oxygen atoms in total. The number of carbonyl (C=O) groups is 1. The Labute approximate surface area is 207 Å². The van der Waals surface area contributed by atoms with Crippen molar-refractivity contribution < 1.29 is 44.9 Å². The Kier molecular flexibility index (Phi) is 9.06. The molecule has 3 aliphatic rings. The second-order valence-electron chi connectivity index (χ2n) is 11.7. The first-order valence-corrected chi connectivity index (χ1v) is 12.9. The predicted octanol–water partition coefficient (Wildman–Crippen LogP) is 1.44. The van der Waals surface area contributed by atoms with Crippen molar-refractivity contribution >= 4 is 5.97 Å². The number of rotatable bonds is 9. The van der Waals surface area contributed by atoms with Crippen LogP contribution in [-0.4, -0.2) is 86.6 Å². The van der Waals surface area contributed by atoms with E-state index in [0.29, 0.717) is 30.8 Å². The van der Waals surface area contributed by atoms with Gasteiger partial charge in [-0.25, -0.2) is 4.79 Å². The topological polar surface area (TPSA) is 157 Å². The number of ether oxygens (including phenoxy) is 2. The van der Waals surface area contributed by atoms with Crippen LogP contribution < -0.4 is 0 Å². The summed E-state index contributed by atoms with van der Waals surface area (Å²) in [6, 6.07) is 0. The van der Waals surface area contributed by atoms with Gasteiger partial charge in [-0.3, -0.25) is 0 Å². The van der Waals surface area contributed by atoms with E-state index in [4.69, 9.17) is 9.47 Å². The van der Waals surface area contributed by atoms with Gasteiger partial charge >= 0.3 is 5.97 Å². The first-order chi connectivity index (χ1) is 16.4. The maximum Gasteiger partial charge on any atom is 0.331 e. The number of aliphatic carboxylic acids is 1. The van der Waals surface area contributed by atoms with E-state index in [0.717, 1.165) is 19.3 Å². The van der Waals surface area contributed by atoms with E-state index in [1.54, 1.807) is 0 Å². The first-order valence-electron chi connectivity index (χ1n) is 12.9. The van der Waals surface area contributed by atoms with Crippen molar-refractivity contribution in [3.8, 4) is 0 Å². The summed E-state index contributed by atoms with van der Waals surface area (Å²) in [5.74, 6) is -0.577. The van der Waals surface area contributed by atoms with Crippen molar-refractivity contribution in [3.63, 3.8) is 0 Å². The molecule has 3 rings (SSSR count). The van der Waals surface area contributed by atoms with Crippen LogP contribution in [-0.2, 0) is 14.3 Å². The van der Waals surface area contributed by atoms with Crippen molar-refractivity contribution in [3.05, 3.63) is 11.6 Å². The molecule has 2 aliphatic carbocycles. The normalized spacial score (nSPS) is 42.1. The van der Waals surface area contributed by atoms with E-state index in [1.807, 2.05) is 6.08 Å². The largest absolute Gasteiger partial charge is 0.478 e. The number of carboxylic acid groups (broad SMARTS) is 1. The summed E-state index contributed by atoms with van der Waals surface area (Å²) < 4.78 is 11.8. The van der Waals surface area contributed by atoms with Crippen LogP contribution in [0.2, 0.25) is 0 Å². The molecule has 202 valence electrons. The molecule has 1 saturated heterocycles. The van der Waals surface area contributed by atoms with Gasteiger partial charge in [0.25, 0.3) is 0 Å². The van der Waals surface area contributed by atoms with Gasteiger partial charge in [0.2, 0.25) is 0 Å². The highest BCUT2D eigenvalue weighted by molar-refractivity contribution is 5.87. The highest BCUT2D eigenvalue weighted by atomic mass is 16.7. The zero-order valence-corrected chi connectivity index (χ0v) is 21.3. The Morgan fingerprint density at radius 2 is 1.83 bits per heavy atom. The second-order valence-corrected chi connectivity index (χ2v) is 11.7. The molecule has 2 fully saturated rings. The molecule has 1 saturated carbocycles. The Bertz CT molecular complexity index is 766. The van der Waals surface area contributed by atoms with Crippen LogP contribution in [0.25, 0.3) is 0 Å². The van der Waals surface area contributed by atoms with Gasteiger partial charge in [-0.05, 0) is 60.7 Å². The fraction of sp³-hybridized carbons (Fsp3) is 0.885. The summed E-state index contributed by atoms with van der Waals surface area (Å²) in [6.07, 6.45) is -0.886. The second kappa shape index (κ2) is 11.1. The molecule has 0 unspecified atom stereocenters. The number of carboxylic acids is 1. The van der Waals surface area contributed by atoms with Gasteiger partial charge in [0.15, 0.2) is 6.29 Å². The molecule has 0 aromatic carbocycles. The molecule has 6 N–H and O–H groups in total. The molecule has 0 aromatic rings. The van der Waals surface area contributed by atoms with Crippen molar-refractivity contribution in [2.24, 2.45) is 28.6 Å². The van der Waals surface area contributed by atoms with E-state index in [2.05, 4.69) is 27.7 Å². The molecule has 10 atom stereocenters. The molecule has 1 heterocycles. The third-order valence-electron chi connectivity index (χ3n) is 9.18. The highest BCUT2D eigenvalue weighted by Gasteiger charge is 2.58. The monoisotopic (exact) mass is 500 g/mol. The van der Waals surface area contributed by atoms with Gasteiger partial charge < -0.3 is 40.1 Å². The van der Waals surface area contributed by atoms with E-state index in [-0.39, 0.29) is 30.0 Å². The molecule has 35 heavy (non-hydrogen) atoms. The Morgan fingerprint density at radius 1 is 1.14 bits per heavy atom. The minimum atomic E-state index is -1.50. The summed E-state index contributed by atoms with van der Waals surface area (Å²) in [6.45, 7) is 8.05. The van der Waals surface area contributed by atoms with Crippen LogP contribution in [0.3, 0.4) is 0 Å². The lowest BCUT2D eigenvalue weighted by molar-refractivity contribution is -0.326. The lowest BCUT2D eigenvalue weighted by Crippen LogP contribution is -2.62. The van der Waals surface area contributed by atoms with Gasteiger partial charge in [-0.1, -0.05) is 40.2 Å². The number of fused-ring (bicyclic) bond motifs is 1. The lowest BCUT2D eigenvalue weighted by atomic mass is 9.47. The quantitative estimate of drug-likeness (QED) is 0.276. The highest BCUT2D eigenvalue weighted by Crippen LogP contribution is 2.61. The zero-order valence-electron chi connectivity index (χ0n) is 21.3. The Hall–Kier alpha value is -1.07.